The summed E-state index contributed by atoms with van der Waals surface area (Å²) in [4.78, 5) is 19.7. The van der Waals surface area contributed by atoms with Crippen LogP contribution in [0.15, 0.2) is 0 Å². The molecule has 8 atom stereocenters. The molecule has 8 N–H and O–H groups in total. The molecule has 0 saturated carbocycles. The van der Waals surface area contributed by atoms with Gasteiger partial charge < -0.3 is 50.4 Å². The van der Waals surface area contributed by atoms with Crippen LogP contribution >= 0.6 is 0 Å². The summed E-state index contributed by atoms with van der Waals surface area (Å²) in [5, 5.41) is 69.1. The lowest BCUT2D eigenvalue weighted by molar-refractivity contribution is -0.134. The number of hydrogen-bond acceptors (Lipinski definition) is 10. The first-order valence-electron chi connectivity index (χ1n) is 6.56. The zero-order valence-electron chi connectivity index (χ0n) is 12.3. The second-order valence-corrected chi connectivity index (χ2v) is 4.64. The van der Waals surface area contributed by atoms with Gasteiger partial charge in [-0.3, -0.25) is 0 Å². The minimum atomic E-state index is -2.24. The van der Waals surface area contributed by atoms with Crippen molar-refractivity contribution in [2.75, 3.05) is 13.3 Å². The van der Waals surface area contributed by atoms with E-state index in [1.54, 1.807) is 0 Å². The molecular weight excluding hydrogens is 340 g/mol. The minimum Gasteiger partial charge on any atom is -0.394 e. The van der Waals surface area contributed by atoms with E-state index in [0.29, 0.717) is 0 Å². The van der Waals surface area contributed by atoms with Crippen molar-refractivity contribution in [1.29, 1.82) is 0 Å². The molecule has 0 aromatic heterocycles. The first kappa shape index (κ1) is 25.1. The maximum Gasteiger partial charge on any atom is 0.157 e. The van der Waals surface area contributed by atoms with E-state index < -0.39 is 62.2 Å². The number of halogens is 2. The predicted octanol–water partition coefficient (Wildman–Crippen LogP) is -4.80. The lowest BCUT2D eigenvalue weighted by atomic mass is 10.0. The second kappa shape index (κ2) is 13.2. The summed E-state index contributed by atoms with van der Waals surface area (Å²) in [5.74, 6) is 0. The summed E-state index contributed by atoms with van der Waals surface area (Å²) in [6, 6.07) is 0. The normalized spacial score (nSPS) is 21.1. The Hall–Kier alpha value is -1.12. The van der Waals surface area contributed by atoms with Gasteiger partial charge in [-0.1, -0.05) is 0 Å². The van der Waals surface area contributed by atoms with Crippen LogP contribution < -0.4 is 0 Å². The largest absolute Gasteiger partial charge is 0.394 e. The molecule has 0 unspecified atom stereocenters. The number of alkyl halides is 2. The summed E-state index contributed by atoms with van der Waals surface area (Å²) < 4.78 is 24.3. The fourth-order valence-corrected chi connectivity index (χ4v) is 1.20. The van der Waals surface area contributed by atoms with Crippen molar-refractivity contribution in [2.24, 2.45) is 0 Å². The van der Waals surface area contributed by atoms with Gasteiger partial charge in [-0.05, 0) is 0 Å². The van der Waals surface area contributed by atoms with Gasteiger partial charge in [0.1, 0.15) is 49.4 Å². The Morgan fingerprint density at radius 3 is 1.50 bits per heavy atom. The lowest BCUT2D eigenvalue weighted by Crippen LogP contribution is -2.45. The molecule has 0 aromatic rings. The molecule has 0 aliphatic heterocycles. The van der Waals surface area contributed by atoms with E-state index in [0.717, 1.165) is 0 Å². The number of carbonyl (C=O) groups is 2. The van der Waals surface area contributed by atoms with Crippen molar-refractivity contribution in [3.05, 3.63) is 0 Å². The standard InChI is InChI=1S/2C6H11FO5/c7-5(3(10)1-8)6(12)4(11)2-9;7-1-3(9)5(11)6(12)4(10)2-8/h2-6,8,10-12H,1H2;2-6,9-12H,1H2/t2*3-,4-,5-,6-/m11/s1/i2*7-1. The molecule has 0 radical (unpaired) electrons. The Labute approximate surface area is 135 Å². The zero-order chi connectivity index (χ0) is 19.4. The monoisotopic (exact) mass is 362 g/mol. The van der Waals surface area contributed by atoms with Gasteiger partial charge in [-0.15, -0.1) is 0 Å². The maximum absolute atomic E-state index is 12.6. The van der Waals surface area contributed by atoms with Crippen LogP contribution in [0.1, 0.15) is 0 Å². The topological polar surface area (TPSA) is 196 Å². The van der Waals surface area contributed by atoms with Gasteiger partial charge >= 0.3 is 0 Å². The molecule has 0 spiro atoms. The van der Waals surface area contributed by atoms with Gasteiger partial charge in [-0.25, -0.2) is 8.78 Å². The van der Waals surface area contributed by atoms with E-state index in [1.807, 2.05) is 0 Å². The molecule has 12 heteroatoms. The number of rotatable bonds is 10. The van der Waals surface area contributed by atoms with Crippen LogP contribution in [-0.4, -0.2) is 116 Å². The molecule has 0 rings (SSSR count). The Morgan fingerprint density at radius 1 is 0.750 bits per heavy atom. The molecule has 24 heavy (non-hydrogen) atoms. The molecule has 0 fully saturated rings. The molecule has 10 nitrogen and oxygen atoms in total. The van der Waals surface area contributed by atoms with Crippen molar-refractivity contribution in [3.8, 4) is 0 Å². The smallest absolute Gasteiger partial charge is 0.157 e. The fraction of sp³-hybridized carbons (Fsp3) is 0.833. The number of aliphatic hydroxyl groups excluding tert-OH is 8. The highest BCUT2D eigenvalue weighted by Gasteiger charge is 2.31. The minimum absolute atomic E-state index is 0.0150. The van der Waals surface area contributed by atoms with Crippen LogP contribution in [0.4, 0.5) is 8.78 Å². The van der Waals surface area contributed by atoms with Crippen molar-refractivity contribution >= 4 is 12.6 Å². The average Bonchev–Trinajstić information content (AvgIpc) is 2.62. The van der Waals surface area contributed by atoms with Crippen LogP contribution in [0.25, 0.3) is 0 Å². The summed E-state index contributed by atoms with van der Waals surface area (Å²) >= 11 is 0. The summed E-state index contributed by atoms with van der Waals surface area (Å²) in [6.45, 7) is -2.15. The van der Waals surface area contributed by atoms with Gasteiger partial charge in [0.25, 0.3) is 0 Å². The number of aldehydes is 2. The van der Waals surface area contributed by atoms with Crippen LogP contribution in [0, 0.1) is 0 Å². The molecule has 144 valence electrons. The third-order valence-electron chi connectivity index (χ3n) is 2.76. The van der Waals surface area contributed by atoms with E-state index in [-0.39, 0.29) is 12.6 Å². The van der Waals surface area contributed by atoms with Crippen LogP contribution in [0.2, 0.25) is 0 Å². The molecule has 0 heterocycles. The second-order valence-electron chi connectivity index (χ2n) is 4.64. The van der Waals surface area contributed by atoms with Crippen LogP contribution in [0.3, 0.4) is 0 Å². The highest BCUT2D eigenvalue weighted by atomic mass is 18.2. The zero-order valence-corrected chi connectivity index (χ0v) is 12.3. The Morgan fingerprint density at radius 2 is 1.17 bits per heavy atom. The van der Waals surface area contributed by atoms with Gasteiger partial charge in [0.2, 0.25) is 0 Å². The SMILES string of the molecule is O=C[C@@H](O)[C@@H](O)[C@H](O)[C@H](O)C[18F].O=C[C@@H](O)[C@@H](O)[C@H]([18F])[C@H](O)CO. The lowest BCUT2D eigenvalue weighted by Gasteiger charge is -2.21. The van der Waals surface area contributed by atoms with Crippen LogP contribution in [-0.2, 0) is 9.59 Å². The number of aliphatic hydroxyl groups is 8. The molecular formula is C12H22F2O10. The van der Waals surface area contributed by atoms with Crippen molar-refractivity contribution in [2.45, 2.75) is 48.9 Å². The van der Waals surface area contributed by atoms with Gasteiger partial charge in [0, 0.05) is 0 Å². The van der Waals surface area contributed by atoms with Crippen molar-refractivity contribution < 1.29 is 59.2 Å². The van der Waals surface area contributed by atoms with Crippen molar-refractivity contribution in [3.63, 3.8) is 0 Å². The summed E-state index contributed by atoms with van der Waals surface area (Å²) in [5.41, 5.74) is 0. The van der Waals surface area contributed by atoms with Crippen molar-refractivity contribution in [1.82, 2.24) is 0 Å². The molecule has 0 bridgehead atoms. The highest BCUT2D eigenvalue weighted by molar-refractivity contribution is 5.57. The van der Waals surface area contributed by atoms with Gasteiger partial charge in [0.05, 0.1) is 6.61 Å². The summed E-state index contributed by atoms with van der Waals surface area (Å²) in [7, 11) is 0. The third-order valence-corrected chi connectivity index (χ3v) is 2.76. The Bertz CT molecular complexity index is 316. The first-order chi connectivity index (χ1) is 11.1. The predicted molar refractivity (Wildman–Crippen MR) is 72.1 cm³/mol. The molecule has 0 aromatic carbocycles. The Kier molecular flexibility index (Phi) is 13.8. The maximum atomic E-state index is 12.6. The van der Waals surface area contributed by atoms with E-state index in [2.05, 4.69) is 0 Å². The number of carbonyl (C=O) groups excluding carboxylic acids is 2. The third kappa shape index (κ3) is 8.65. The van der Waals surface area contributed by atoms with E-state index in [1.165, 1.54) is 0 Å². The van der Waals surface area contributed by atoms with Gasteiger partial charge in [0.15, 0.2) is 18.7 Å². The van der Waals surface area contributed by atoms with E-state index in [9.17, 15) is 18.4 Å². The van der Waals surface area contributed by atoms with E-state index >= 15 is 0 Å². The van der Waals surface area contributed by atoms with Crippen LogP contribution in [0.5, 0.6) is 0 Å². The molecule has 0 aliphatic rings. The molecule has 0 amide bonds. The molecule has 0 saturated heterocycles. The average molecular weight is 362 g/mol. The first-order valence-corrected chi connectivity index (χ1v) is 6.56. The van der Waals surface area contributed by atoms with Gasteiger partial charge in [-0.2, -0.15) is 0 Å². The Balaban J connectivity index is 0. The fourth-order valence-electron chi connectivity index (χ4n) is 1.20. The highest BCUT2D eigenvalue weighted by Crippen LogP contribution is 2.07. The molecule has 0 aliphatic carbocycles. The number of hydrogen-bond donors (Lipinski definition) is 8. The summed E-state index contributed by atoms with van der Waals surface area (Å²) in [6.07, 6.45) is -15.4. The quantitative estimate of drug-likeness (QED) is 0.175. The van der Waals surface area contributed by atoms with E-state index in [4.69, 9.17) is 40.9 Å².